The lowest BCUT2D eigenvalue weighted by Gasteiger charge is -2.08. The first kappa shape index (κ1) is 11.6. The van der Waals surface area contributed by atoms with Gasteiger partial charge in [-0.2, -0.15) is 5.10 Å². The van der Waals surface area contributed by atoms with Gasteiger partial charge in [0.15, 0.2) is 5.13 Å². The van der Waals surface area contributed by atoms with Crippen LogP contribution >= 0.6 is 11.3 Å². The standard InChI is InChI=1S/C14H13N5S/c1-8-4-5-15-12(6-8)17-14-18-13-9-7-16-19-10(9)2-3-11(13)20-14/h4-7H,2-3H2,1H3,(H,16,19)(H,15,17,18). The number of thiazole rings is 1. The molecule has 6 heteroatoms. The van der Waals surface area contributed by atoms with E-state index in [4.69, 9.17) is 4.98 Å². The minimum absolute atomic E-state index is 0.837. The smallest absolute Gasteiger partial charge is 0.189 e. The molecule has 0 atom stereocenters. The van der Waals surface area contributed by atoms with E-state index < -0.39 is 0 Å². The monoisotopic (exact) mass is 283 g/mol. The minimum Gasteiger partial charge on any atom is -0.316 e. The molecule has 2 N–H and O–H groups in total. The number of nitrogens with one attached hydrogen (secondary N) is 2. The number of aromatic amines is 1. The van der Waals surface area contributed by atoms with Gasteiger partial charge in [-0.1, -0.05) is 0 Å². The highest BCUT2D eigenvalue weighted by Crippen LogP contribution is 2.37. The Morgan fingerprint density at radius 3 is 3.20 bits per heavy atom. The maximum absolute atomic E-state index is 4.70. The van der Waals surface area contributed by atoms with E-state index >= 15 is 0 Å². The number of pyridine rings is 1. The number of fused-ring (bicyclic) bond motifs is 3. The van der Waals surface area contributed by atoms with Crippen LogP contribution in [0.2, 0.25) is 0 Å². The quantitative estimate of drug-likeness (QED) is 0.758. The van der Waals surface area contributed by atoms with Crippen molar-refractivity contribution in [3.05, 3.63) is 40.7 Å². The van der Waals surface area contributed by atoms with Crippen LogP contribution in [-0.4, -0.2) is 20.2 Å². The van der Waals surface area contributed by atoms with Crippen LogP contribution in [0.5, 0.6) is 0 Å². The molecule has 0 unspecified atom stereocenters. The van der Waals surface area contributed by atoms with E-state index in [1.54, 1.807) is 17.5 Å². The lowest BCUT2D eigenvalue weighted by atomic mass is 10.0. The van der Waals surface area contributed by atoms with Crippen molar-refractivity contribution in [3.8, 4) is 11.3 Å². The van der Waals surface area contributed by atoms with Crippen LogP contribution in [0.3, 0.4) is 0 Å². The molecule has 5 nitrogen and oxygen atoms in total. The Bertz CT molecular complexity index is 773. The zero-order valence-corrected chi connectivity index (χ0v) is 11.8. The number of aryl methyl sites for hydroxylation is 3. The van der Waals surface area contributed by atoms with Crippen LogP contribution in [0.4, 0.5) is 10.9 Å². The first-order valence-corrected chi connectivity index (χ1v) is 7.33. The summed E-state index contributed by atoms with van der Waals surface area (Å²) in [5.74, 6) is 0.837. The Balaban J connectivity index is 1.69. The van der Waals surface area contributed by atoms with Gasteiger partial charge < -0.3 is 5.32 Å². The summed E-state index contributed by atoms with van der Waals surface area (Å²) in [6.45, 7) is 2.05. The van der Waals surface area contributed by atoms with Crippen molar-refractivity contribution < 1.29 is 0 Å². The zero-order chi connectivity index (χ0) is 13.5. The summed E-state index contributed by atoms with van der Waals surface area (Å²) in [5, 5.41) is 11.3. The molecular formula is C14H13N5S. The second kappa shape index (κ2) is 4.42. The molecule has 20 heavy (non-hydrogen) atoms. The molecule has 0 aromatic carbocycles. The van der Waals surface area contributed by atoms with Crippen LogP contribution in [0.15, 0.2) is 24.5 Å². The first-order valence-electron chi connectivity index (χ1n) is 6.51. The van der Waals surface area contributed by atoms with Crippen LogP contribution < -0.4 is 5.32 Å². The summed E-state index contributed by atoms with van der Waals surface area (Å²) in [6, 6.07) is 4.00. The van der Waals surface area contributed by atoms with Gasteiger partial charge in [-0.25, -0.2) is 9.97 Å². The van der Waals surface area contributed by atoms with Gasteiger partial charge in [0, 0.05) is 22.3 Å². The first-order chi connectivity index (χ1) is 9.79. The summed E-state index contributed by atoms with van der Waals surface area (Å²) in [7, 11) is 0. The van der Waals surface area contributed by atoms with Crippen molar-refractivity contribution in [1.29, 1.82) is 0 Å². The number of H-pyrrole nitrogens is 1. The van der Waals surface area contributed by atoms with Gasteiger partial charge in [0.25, 0.3) is 0 Å². The average Bonchev–Trinajstić information content (AvgIpc) is 3.02. The van der Waals surface area contributed by atoms with Gasteiger partial charge >= 0.3 is 0 Å². The van der Waals surface area contributed by atoms with Gasteiger partial charge in [0.05, 0.1) is 11.9 Å². The topological polar surface area (TPSA) is 66.5 Å². The third-order valence-electron chi connectivity index (χ3n) is 3.42. The second-order valence-electron chi connectivity index (χ2n) is 4.90. The minimum atomic E-state index is 0.837. The summed E-state index contributed by atoms with van der Waals surface area (Å²) in [4.78, 5) is 10.3. The van der Waals surface area contributed by atoms with Crippen LogP contribution in [-0.2, 0) is 12.8 Å². The summed E-state index contributed by atoms with van der Waals surface area (Å²) < 4.78 is 0. The second-order valence-corrected chi connectivity index (χ2v) is 5.98. The molecule has 0 aliphatic heterocycles. The van der Waals surface area contributed by atoms with Crippen molar-refractivity contribution in [3.63, 3.8) is 0 Å². The molecule has 0 saturated heterocycles. The van der Waals surface area contributed by atoms with Crippen molar-refractivity contribution in [2.45, 2.75) is 19.8 Å². The molecular weight excluding hydrogens is 270 g/mol. The van der Waals surface area contributed by atoms with Gasteiger partial charge in [0.1, 0.15) is 5.82 Å². The van der Waals surface area contributed by atoms with E-state index in [0.717, 1.165) is 35.0 Å². The molecule has 0 bridgehead atoms. The highest BCUT2D eigenvalue weighted by atomic mass is 32.1. The fraction of sp³-hybridized carbons (Fsp3) is 0.214. The normalized spacial score (nSPS) is 12.8. The summed E-state index contributed by atoms with van der Waals surface area (Å²) in [6.07, 6.45) is 5.69. The van der Waals surface area contributed by atoms with Crippen molar-refractivity contribution >= 4 is 22.3 Å². The van der Waals surface area contributed by atoms with Gasteiger partial charge in [0.2, 0.25) is 0 Å². The molecule has 3 aromatic rings. The Hall–Kier alpha value is -2.21. The maximum Gasteiger partial charge on any atom is 0.189 e. The third kappa shape index (κ3) is 1.89. The van der Waals surface area contributed by atoms with Gasteiger partial charge in [-0.05, 0) is 37.5 Å². The Labute approximate surface area is 120 Å². The highest BCUT2D eigenvalue weighted by Gasteiger charge is 2.22. The number of hydrogen-bond acceptors (Lipinski definition) is 5. The lowest BCUT2D eigenvalue weighted by Crippen LogP contribution is -2.00. The van der Waals surface area contributed by atoms with Crippen molar-refractivity contribution in [2.75, 3.05) is 5.32 Å². The van der Waals surface area contributed by atoms with E-state index in [0.29, 0.717) is 0 Å². The number of rotatable bonds is 2. The molecule has 4 rings (SSSR count). The van der Waals surface area contributed by atoms with Crippen LogP contribution in [0.25, 0.3) is 11.3 Å². The van der Waals surface area contributed by atoms with Crippen molar-refractivity contribution in [1.82, 2.24) is 20.2 Å². The van der Waals surface area contributed by atoms with E-state index in [-0.39, 0.29) is 0 Å². The summed E-state index contributed by atoms with van der Waals surface area (Å²) >= 11 is 1.70. The van der Waals surface area contributed by atoms with Crippen molar-refractivity contribution in [2.24, 2.45) is 0 Å². The van der Waals surface area contributed by atoms with E-state index in [1.807, 2.05) is 18.3 Å². The predicted octanol–water partition coefficient (Wildman–Crippen LogP) is 3.08. The van der Waals surface area contributed by atoms with E-state index in [1.165, 1.54) is 16.1 Å². The highest BCUT2D eigenvalue weighted by molar-refractivity contribution is 7.16. The molecule has 0 fully saturated rings. The predicted molar refractivity (Wildman–Crippen MR) is 79.4 cm³/mol. The number of aromatic nitrogens is 4. The lowest BCUT2D eigenvalue weighted by molar-refractivity contribution is 0.891. The van der Waals surface area contributed by atoms with Crippen LogP contribution in [0, 0.1) is 6.92 Å². The fourth-order valence-corrected chi connectivity index (χ4v) is 3.43. The van der Waals surface area contributed by atoms with E-state index in [9.17, 15) is 0 Å². The number of nitrogens with zero attached hydrogens (tertiary/aromatic N) is 3. The Kier molecular flexibility index (Phi) is 2.56. The number of hydrogen-bond donors (Lipinski definition) is 2. The molecule has 0 saturated carbocycles. The molecule has 0 spiro atoms. The van der Waals surface area contributed by atoms with Gasteiger partial charge in [-0.3, -0.25) is 5.10 Å². The SMILES string of the molecule is Cc1ccnc(Nc2nc3c(s2)CCc2[nH]ncc2-3)c1. The Morgan fingerprint density at radius 1 is 1.35 bits per heavy atom. The molecule has 0 amide bonds. The maximum atomic E-state index is 4.70. The molecule has 3 aromatic heterocycles. The molecule has 1 aliphatic rings. The van der Waals surface area contributed by atoms with E-state index in [2.05, 4.69) is 27.4 Å². The molecule has 0 radical (unpaired) electrons. The third-order valence-corrected chi connectivity index (χ3v) is 4.45. The molecule has 1 aliphatic carbocycles. The molecule has 3 heterocycles. The zero-order valence-electron chi connectivity index (χ0n) is 11.0. The number of anilines is 2. The van der Waals surface area contributed by atoms with Gasteiger partial charge in [-0.15, -0.1) is 11.3 Å². The van der Waals surface area contributed by atoms with Crippen LogP contribution in [0.1, 0.15) is 16.1 Å². The summed E-state index contributed by atoms with van der Waals surface area (Å²) in [5.41, 5.74) is 4.55. The average molecular weight is 283 g/mol. The Morgan fingerprint density at radius 2 is 2.30 bits per heavy atom. The fourth-order valence-electron chi connectivity index (χ4n) is 2.45. The largest absolute Gasteiger partial charge is 0.316 e. The molecule has 100 valence electrons.